The van der Waals surface area contributed by atoms with Crippen molar-refractivity contribution in [2.45, 2.75) is 0 Å². The monoisotopic (exact) mass is 292 g/mol. The number of halogens is 1. The Hall–Kier alpha value is -2.53. The molecule has 102 valence electrons. The molecule has 0 aliphatic carbocycles. The Kier molecular flexibility index (Phi) is 2.65. The standard InChI is InChI=1S/C14H9ClO5/c15-8-1-7-4-12(20-14(7)11(18)5-8)6-2-9(16)13(19)10(17)3-6/h1-5,16-19H. The van der Waals surface area contributed by atoms with Crippen LogP contribution in [0.15, 0.2) is 34.7 Å². The number of furan rings is 1. The molecule has 2 aromatic carbocycles. The quantitative estimate of drug-likeness (QED) is 0.514. The Bertz CT molecular complexity index is 799. The lowest BCUT2D eigenvalue weighted by Crippen LogP contribution is -1.76. The van der Waals surface area contributed by atoms with Crippen LogP contribution in [0.5, 0.6) is 23.0 Å². The highest BCUT2D eigenvalue weighted by molar-refractivity contribution is 6.31. The van der Waals surface area contributed by atoms with E-state index in [1.807, 2.05) is 0 Å². The number of aromatic hydroxyl groups is 4. The molecule has 0 atom stereocenters. The van der Waals surface area contributed by atoms with E-state index in [0.29, 0.717) is 21.7 Å². The van der Waals surface area contributed by atoms with Gasteiger partial charge in [0.05, 0.1) is 0 Å². The molecule has 4 N–H and O–H groups in total. The van der Waals surface area contributed by atoms with Crippen molar-refractivity contribution < 1.29 is 24.8 Å². The highest BCUT2D eigenvalue weighted by atomic mass is 35.5. The van der Waals surface area contributed by atoms with Crippen LogP contribution in [0.1, 0.15) is 0 Å². The third kappa shape index (κ3) is 1.88. The van der Waals surface area contributed by atoms with Crippen molar-refractivity contribution in [3.05, 3.63) is 35.4 Å². The molecule has 3 aromatic rings. The van der Waals surface area contributed by atoms with Gasteiger partial charge >= 0.3 is 0 Å². The second-order valence-electron chi connectivity index (χ2n) is 4.32. The summed E-state index contributed by atoms with van der Waals surface area (Å²) in [5.41, 5.74) is 0.598. The first-order valence-corrected chi connectivity index (χ1v) is 6.01. The first-order chi connectivity index (χ1) is 9.45. The summed E-state index contributed by atoms with van der Waals surface area (Å²) in [6, 6.07) is 7.05. The van der Waals surface area contributed by atoms with Gasteiger partial charge in [0.25, 0.3) is 0 Å². The Morgan fingerprint density at radius 3 is 2.10 bits per heavy atom. The van der Waals surface area contributed by atoms with Crippen LogP contribution in [0.2, 0.25) is 5.02 Å². The Balaban J connectivity index is 2.22. The van der Waals surface area contributed by atoms with Crippen LogP contribution < -0.4 is 0 Å². The van der Waals surface area contributed by atoms with Crippen molar-refractivity contribution >= 4 is 22.6 Å². The van der Waals surface area contributed by atoms with Gasteiger partial charge in [-0.1, -0.05) is 11.6 Å². The minimum Gasteiger partial charge on any atom is -0.504 e. The van der Waals surface area contributed by atoms with Gasteiger partial charge in [0, 0.05) is 22.0 Å². The van der Waals surface area contributed by atoms with Crippen LogP contribution in [-0.4, -0.2) is 20.4 Å². The van der Waals surface area contributed by atoms with Gasteiger partial charge in [0.2, 0.25) is 0 Å². The largest absolute Gasteiger partial charge is 0.504 e. The van der Waals surface area contributed by atoms with Crippen LogP contribution in [0.4, 0.5) is 0 Å². The highest BCUT2D eigenvalue weighted by Gasteiger charge is 2.14. The van der Waals surface area contributed by atoms with E-state index < -0.39 is 17.2 Å². The maximum Gasteiger partial charge on any atom is 0.200 e. The fourth-order valence-corrected chi connectivity index (χ4v) is 2.21. The zero-order valence-corrected chi connectivity index (χ0v) is 10.7. The van der Waals surface area contributed by atoms with E-state index in [4.69, 9.17) is 16.0 Å². The minimum absolute atomic E-state index is 0.106. The fourth-order valence-electron chi connectivity index (χ4n) is 1.99. The summed E-state index contributed by atoms with van der Waals surface area (Å²) >= 11 is 5.84. The Morgan fingerprint density at radius 2 is 1.45 bits per heavy atom. The molecule has 0 amide bonds. The van der Waals surface area contributed by atoms with Gasteiger partial charge in [-0.2, -0.15) is 0 Å². The van der Waals surface area contributed by atoms with Gasteiger partial charge in [-0.3, -0.25) is 0 Å². The third-order valence-corrected chi connectivity index (χ3v) is 3.13. The fraction of sp³-hybridized carbons (Fsp3) is 0. The molecule has 0 aliphatic heterocycles. The molecule has 1 aromatic heterocycles. The van der Waals surface area contributed by atoms with Gasteiger partial charge in [0.1, 0.15) is 5.76 Å². The molecule has 0 saturated heterocycles. The molecule has 0 bridgehead atoms. The van der Waals surface area contributed by atoms with Crippen LogP contribution in [0.3, 0.4) is 0 Å². The number of hydrogen-bond acceptors (Lipinski definition) is 5. The van der Waals surface area contributed by atoms with E-state index in [0.717, 1.165) is 0 Å². The third-order valence-electron chi connectivity index (χ3n) is 2.92. The lowest BCUT2D eigenvalue weighted by molar-refractivity contribution is 0.368. The van der Waals surface area contributed by atoms with Crippen molar-refractivity contribution in [3.8, 4) is 34.3 Å². The van der Waals surface area contributed by atoms with Crippen LogP contribution in [0.25, 0.3) is 22.3 Å². The summed E-state index contributed by atoms with van der Waals surface area (Å²) in [5, 5.41) is 39.0. The molecular weight excluding hydrogens is 284 g/mol. The zero-order valence-electron chi connectivity index (χ0n) is 9.96. The topological polar surface area (TPSA) is 94.1 Å². The zero-order chi connectivity index (χ0) is 14.4. The molecule has 6 heteroatoms. The van der Waals surface area contributed by atoms with Crippen LogP contribution >= 0.6 is 11.6 Å². The predicted octanol–water partition coefficient (Wildman–Crippen LogP) is 3.58. The van der Waals surface area contributed by atoms with E-state index in [-0.39, 0.29) is 11.3 Å². The highest BCUT2D eigenvalue weighted by Crippen LogP contribution is 2.41. The predicted molar refractivity (Wildman–Crippen MR) is 73.3 cm³/mol. The minimum atomic E-state index is -0.601. The normalized spacial score (nSPS) is 11.1. The van der Waals surface area contributed by atoms with Crippen LogP contribution in [0, 0.1) is 0 Å². The summed E-state index contributed by atoms with van der Waals surface area (Å²) in [6.45, 7) is 0. The molecular formula is C14H9ClO5. The summed E-state index contributed by atoms with van der Waals surface area (Å²) in [4.78, 5) is 0. The number of phenolic OH excluding ortho intramolecular Hbond substituents is 4. The van der Waals surface area contributed by atoms with Crippen molar-refractivity contribution in [1.82, 2.24) is 0 Å². The molecule has 5 nitrogen and oxygen atoms in total. The van der Waals surface area contributed by atoms with Gasteiger partial charge in [-0.25, -0.2) is 0 Å². The van der Waals surface area contributed by atoms with Gasteiger partial charge in [-0.05, 0) is 24.3 Å². The number of fused-ring (bicyclic) bond motifs is 1. The van der Waals surface area contributed by atoms with Gasteiger partial charge in [0.15, 0.2) is 28.6 Å². The first-order valence-electron chi connectivity index (χ1n) is 5.63. The van der Waals surface area contributed by atoms with Gasteiger partial charge < -0.3 is 24.8 Å². The molecule has 3 rings (SSSR count). The number of benzene rings is 2. The molecule has 0 fully saturated rings. The molecule has 1 heterocycles. The number of rotatable bonds is 1. The maximum absolute atomic E-state index is 9.75. The average Bonchev–Trinajstić information content (AvgIpc) is 2.79. The maximum atomic E-state index is 9.75. The molecule has 0 spiro atoms. The number of hydrogen-bond donors (Lipinski definition) is 4. The second kappa shape index (κ2) is 4.25. The van der Waals surface area contributed by atoms with Crippen molar-refractivity contribution in [2.75, 3.05) is 0 Å². The van der Waals surface area contributed by atoms with Crippen molar-refractivity contribution in [3.63, 3.8) is 0 Å². The summed E-state index contributed by atoms with van der Waals surface area (Å²) < 4.78 is 5.48. The van der Waals surface area contributed by atoms with Crippen molar-refractivity contribution in [1.29, 1.82) is 0 Å². The summed E-state index contributed by atoms with van der Waals surface area (Å²) in [7, 11) is 0. The van der Waals surface area contributed by atoms with E-state index in [1.165, 1.54) is 18.2 Å². The van der Waals surface area contributed by atoms with E-state index in [1.54, 1.807) is 12.1 Å². The molecule has 0 unspecified atom stereocenters. The SMILES string of the molecule is Oc1cc(-c2cc3cc(Cl)cc(O)c3o2)cc(O)c1O. The average molecular weight is 293 g/mol. The van der Waals surface area contributed by atoms with Crippen molar-refractivity contribution in [2.24, 2.45) is 0 Å². The molecule has 0 saturated carbocycles. The Morgan fingerprint density at radius 1 is 0.800 bits per heavy atom. The van der Waals surface area contributed by atoms with Crippen LogP contribution in [-0.2, 0) is 0 Å². The smallest absolute Gasteiger partial charge is 0.200 e. The van der Waals surface area contributed by atoms with E-state index >= 15 is 0 Å². The summed E-state index contributed by atoms with van der Waals surface area (Å²) in [6.07, 6.45) is 0. The number of phenols is 4. The summed E-state index contributed by atoms with van der Waals surface area (Å²) in [5.74, 6) is -1.34. The second-order valence-corrected chi connectivity index (χ2v) is 4.75. The molecule has 20 heavy (non-hydrogen) atoms. The first kappa shape index (κ1) is 12.5. The van der Waals surface area contributed by atoms with E-state index in [2.05, 4.69) is 0 Å². The lowest BCUT2D eigenvalue weighted by atomic mass is 10.1. The molecule has 0 radical (unpaired) electrons. The van der Waals surface area contributed by atoms with E-state index in [9.17, 15) is 20.4 Å². The molecule has 0 aliphatic rings. The lowest BCUT2D eigenvalue weighted by Gasteiger charge is -2.03. The van der Waals surface area contributed by atoms with Gasteiger partial charge in [-0.15, -0.1) is 0 Å². The Labute approximate surface area is 117 Å².